The fourth-order valence-electron chi connectivity index (χ4n) is 2.00. The van der Waals surface area contributed by atoms with Crippen molar-refractivity contribution >= 4 is 0 Å². The Bertz CT molecular complexity index is 365. The first-order valence-electron chi connectivity index (χ1n) is 7.03. The van der Waals surface area contributed by atoms with Crippen molar-refractivity contribution in [3.05, 3.63) is 23.8 Å². The van der Waals surface area contributed by atoms with Gasteiger partial charge in [-0.2, -0.15) is 0 Å². The van der Waals surface area contributed by atoms with E-state index in [9.17, 15) is 0 Å². The highest BCUT2D eigenvalue weighted by molar-refractivity contribution is 5.40. The van der Waals surface area contributed by atoms with Crippen LogP contribution in [0.1, 0.15) is 25.8 Å². The van der Waals surface area contributed by atoms with E-state index in [2.05, 4.69) is 6.07 Å². The minimum atomic E-state index is 0.366. The Morgan fingerprint density at radius 2 is 1.74 bits per heavy atom. The molecular formula is C15H26N2O2. The Kier molecular flexibility index (Phi) is 7.30. The van der Waals surface area contributed by atoms with E-state index in [0.717, 1.165) is 24.3 Å². The molecule has 0 aliphatic rings. The van der Waals surface area contributed by atoms with Gasteiger partial charge in [0, 0.05) is 0 Å². The summed E-state index contributed by atoms with van der Waals surface area (Å²) in [6.07, 6.45) is 1.89. The summed E-state index contributed by atoms with van der Waals surface area (Å²) in [6, 6.07) is 5.98. The summed E-state index contributed by atoms with van der Waals surface area (Å²) in [4.78, 5) is 0. The van der Waals surface area contributed by atoms with Crippen molar-refractivity contribution < 1.29 is 9.47 Å². The predicted octanol–water partition coefficient (Wildman–Crippen LogP) is 1.95. The van der Waals surface area contributed by atoms with Crippen LogP contribution in [0.25, 0.3) is 0 Å². The van der Waals surface area contributed by atoms with Crippen LogP contribution in [0, 0.1) is 5.92 Å². The first-order chi connectivity index (χ1) is 9.24. The maximum atomic E-state index is 5.69. The Labute approximate surface area is 116 Å². The molecule has 0 aromatic heterocycles. The molecule has 0 bridgehead atoms. The number of benzene rings is 1. The Balaban J connectivity index is 2.78. The van der Waals surface area contributed by atoms with Crippen LogP contribution >= 0.6 is 0 Å². The molecule has 0 saturated carbocycles. The number of rotatable bonds is 9. The normalized spacial score (nSPS) is 10.8. The topological polar surface area (TPSA) is 70.5 Å². The number of hydrogen-bond donors (Lipinski definition) is 2. The minimum absolute atomic E-state index is 0.366. The molecule has 4 nitrogen and oxygen atoms in total. The van der Waals surface area contributed by atoms with E-state index < -0.39 is 0 Å². The highest BCUT2D eigenvalue weighted by Crippen LogP contribution is 2.26. The van der Waals surface area contributed by atoms with E-state index in [4.69, 9.17) is 20.9 Å². The van der Waals surface area contributed by atoms with Crippen molar-refractivity contribution in [3.63, 3.8) is 0 Å². The number of ether oxygens (including phenoxy) is 2. The lowest BCUT2D eigenvalue weighted by molar-refractivity contribution is 0.326. The molecule has 1 aromatic carbocycles. The standard InChI is InChI=1S/C15H26N2O2/c1-3-18-14-7-8-15(19-4-2)13(9-14)6-5-12(10-16)11-17/h7-9,12H,3-6,10-11,16-17H2,1-2H3. The first-order valence-corrected chi connectivity index (χ1v) is 7.03. The third-order valence-corrected chi connectivity index (χ3v) is 3.13. The van der Waals surface area contributed by atoms with Crippen molar-refractivity contribution in [1.29, 1.82) is 0 Å². The number of hydrogen-bond acceptors (Lipinski definition) is 4. The molecule has 0 fully saturated rings. The lowest BCUT2D eigenvalue weighted by Crippen LogP contribution is -2.23. The summed E-state index contributed by atoms with van der Waals surface area (Å²) in [6.45, 7) is 6.56. The minimum Gasteiger partial charge on any atom is -0.494 e. The van der Waals surface area contributed by atoms with E-state index in [1.165, 1.54) is 5.56 Å². The van der Waals surface area contributed by atoms with Gasteiger partial charge in [-0.1, -0.05) is 0 Å². The van der Waals surface area contributed by atoms with Gasteiger partial charge in [0.2, 0.25) is 0 Å². The maximum Gasteiger partial charge on any atom is 0.122 e. The van der Waals surface area contributed by atoms with Gasteiger partial charge < -0.3 is 20.9 Å². The van der Waals surface area contributed by atoms with Crippen molar-refractivity contribution in [2.24, 2.45) is 17.4 Å². The van der Waals surface area contributed by atoms with Gasteiger partial charge in [-0.15, -0.1) is 0 Å². The Morgan fingerprint density at radius 3 is 2.32 bits per heavy atom. The Morgan fingerprint density at radius 1 is 1.05 bits per heavy atom. The lowest BCUT2D eigenvalue weighted by atomic mass is 9.99. The zero-order valence-electron chi connectivity index (χ0n) is 12.0. The number of aryl methyl sites for hydroxylation is 1. The van der Waals surface area contributed by atoms with E-state index in [1.54, 1.807) is 0 Å². The zero-order valence-corrected chi connectivity index (χ0v) is 12.0. The van der Waals surface area contributed by atoms with Gasteiger partial charge in [-0.25, -0.2) is 0 Å². The van der Waals surface area contributed by atoms with Crippen LogP contribution < -0.4 is 20.9 Å². The summed E-state index contributed by atoms with van der Waals surface area (Å²) in [5, 5.41) is 0. The smallest absolute Gasteiger partial charge is 0.122 e. The molecule has 0 spiro atoms. The highest BCUT2D eigenvalue weighted by atomic mass is 16.5. The molecular weight excluding hydrogens is 240 g/mol. The van der Waals surface area contributed by atoms with Crippen molar-refractivity contribution in [2.45, 2.75) is 26.7 Å². The second-order valence-electron chi connectivity index (χ2n) is 4.51. The lowest BCUT2D eigenvalue weighted by Gasteiger charge is -2.15. The van der Waals surface area contributed by atoms with Crippen LogP contribution in [0.5, 0.6) is 11.5 Å². The van der Waals surface area contributed by atoms with Crippen LogP contribution in [0.15, 0.2) is 18.2 Å². The Hall–Kier alpha value is -1.26. The zero-order chi connectivity index (χ0) is 14.1. The molecule has 108 valence electrons. The van der Waals surface area contributed by atoms with Gasteiger partial charge in [0.15, 0.2) is 0 Å². The summed E-state index contributed by atoms with van der Waals surface area (Å²) >= 11 is 0. The van der Waals surface area contributed by atoms with Crippen LogP contribution in [0.3, 0.4) is 0 Å². The molecule has 0 radical (unpaired) electrons. The molecule has 0 heterocycles. The average molecular weight is 266 g/mol. The van der Waals surface area contributed by atoms with Gasteiger partial charge in [0.1, 0.15) is 11.5 Å². The molecule has 1 aromatic rings. The maximum absolute atomic E-state index is 5.69. The molecule has 4 N–H and O–H groups in total. The molecule has 19 heavy (non-hydrogen) atoms. The van der Waals surface area contributed by atoms with E-state index >= 15 is 0 Å². The highest BCUT2D eigenvalue weighted by Gasteiger charge is 2.09. The molecule has 0 atom stereocenters. The van der Waals surface area contributed by atoms with Crippen molar-refractivity contribution in [1.82, 2.24) is 0 Å². The average Bonchev–Trinajstić information content (AvgIpc) is 2.43. The molecule has 0 aliphatic carbocycles. The number of nitrogens with two attached hydrogens (primary N) is 2. The fourth-order valence-corrected chi connectivity index (χ4v) is 2.00. The van der Waals surface area contributed by atoms with E-state index in [-0.39, 0.29) is 0 Å². The SMILES string of the molecule is CCOc1ccc(OCC)c(CCC(CN)CN)c1. The van der Waals surface area contributed by atoms with Gasteiger partial charge >= 0.3 is 0 Å². The van der Waals surface area contributed by atoms with Gasteiger partial charge in [0.25, 0.3) is 0 Å². The molecule has 0 amide bonds. The summed E-state index contributed by atoms with van der Waals surface area (Å²) in [7, 11) is 0. The third kappa shape index (κ3) is 5.09. The third-order valence-electron chi connectivity index (χ3n) is 3.13. The predicted molar refractivity (Wildman–Crippen MR) is 78.7 cm³/mol. The molecule has 0 saturated heterocycles. The van der Waals surface area contributed by atoms with E-state index in [1.807, 2.05) is 26.0 Å². The van der Waals surface area contributed by atoms with Gasteiger partial charge in [0.05, 0.1) is 13.2 Å². The largest absolute Gasteiger partial charge is 0.494 e. The van der Waals surface area contributed by atoms with Crippen LogP contribution in [-0.4, -0.2) is 26.3 Å². The van der Waals surface area contributed by atoms with Gasteiger partial charge in [-0.05, 0) is 69.5 Å². The van der Waals surface area contributed by atoms with Crippen molar-refractivity contribution in [2.75, 3.05) is 26.3 Å². The molecule has 0 unspecified atom stereocenters. The fraction of sp³-hybridized carbons (Fsp3) is 0.600. The van der Waals surface area contributed by atoms with Crippen LogP contribution in [0.2, 0.25) is 0 Å². The quantitative estimate of drug-likeness (QED) is 0.716. The summed E-state index contributed by atoms with van der Waals surface area (Å²) in [5.41, 5.74) is 12.5. The second-order valence-corrected chi connectivity index (χ2v) is 4.51. The second kappa shape index (κ2) is 8.77. The van der Waals surface area contributed by atoms with Gasteiger partial charge in [-0.3, -0.25) is 0 Å². The molecule has 4 heteroatoms. The van der Waals surface area contributed by atoms with Crippen molar-refractivity contribution in [3.8, 4) is 11.5 Å². The monoisotopic (exact) mass is 266 g/mol. The summed E-state index contributed by atoms with van der Waals surface area (Å²) in [5.74, 6) is 2.18. The molecule has 1 rings (SSSR count). The van der Waals surface area contributed by atoms with Crippen LogP contribution in [0.4, 0.5) is 0 Å². The summed E-state index contributed by atoms with van der Waals surface area (Å²) < 4.78 is 11.2. The van der Waals surface area contributed by atoms with Crippen LogP contribution in [-0.2, 0) is 6.42 Å². The van der Waals surface area contributed by atoms with E-state index in [0.29, 0.717) is 32.2 Å². The molecule has 0 aliphatic heterocycles. The first kappa shape index (κ1) is 15.8.